The van der Waals surface area contributed by atoms with E-state index in [1.54, 1.807) is 24.3 Å². The van der Waals surface area contributed by atoms with Crippen molar-refractivity contribution in [3.05, 3.63) is 29.8 Å². The minimum absolute atomic E-state index is 0.00919. The number of thiocarbonyl (C=S) groups is 1. The SMILES string of the molecule is CCCC(=O)Nc1ccc(C(=O)[C@@H](C)SC(=S)N(CC)CC)cc1. The molecule has 1 aromatic rings. The molecule has 0 aliphatic heterocycles. The van der Waals surface area contributed by atoms with Crippen LogP contribution in [0.5, 0.6) is 0 Å². The molecular weight excluding hydrogens is 340 g/mol. The highest BCUT2D eigenvalue weighted by Gasteiger charge is 2.19. The molecule has 0 saturated carbocycles. The molecule has 0 spiro atoms. The van der Waals surface area contributed by atoms with Crippen molar-refractivity contribution in [3.8, 4) is 0 Å². The average Bonchev–Trinajstić information content (AvgIpc) is 2.56. The second-order valence-corrected chi connectivity index (χ2v) is 7.41. The number of ketones is 1. The number of nitrogens with zero attached hydrogens (tertiary/aromatic N) is 1. The van der Waals surface area contributed by atoms with Gasteiger partial charge in [0.15, 0.2) is 5.78 Å². The van der Waals surface area contributed by atoms with Crippen molar-refractivity contribution in [2.75, 3.05) is 18.4 Å². The van der Waals surface area contributed by atoms with Crippen LogP contribution in [-0.4, -0.2) is 39.3 Å². The van der Waals surface area contributed by atoms with E-state index in [0.717, 1.165) is 23.8 Å². The fraction of sp³-hybridized carbons (Fsp3) is 0.500. The molecule has 0 fully saturated rings. The summed E-state index contributed by atoms with van der Waals surface area (Å²) >= 11 is 6.82. The van der Waals surface area contributed by atoms with Crippen LogP contribution in [0, 0.1) is 0 Å². The monoisotopic (exact) mass is 366 g/mol. The van der Waals surface area contributed by atoms with Crippen molar-refractivity contribution < 1.29 is 9.59 Å². The van der Waals surface area contributed by atoms with Crippen LogP contribution < -0.4 is 5.32 Å². The van der Waals surface area contributed by atoms with Crippen LogP contribution >= 0.6 is 24.0 Å². The number of anilines is 1. The average molecular weight is 367 g/mol. The van der Waals surface area contributed by atoms with Gasteiger partial charge in [-0.15, -0.1) is 0 Å². The molecule has 4 nitrogen and oxygen atoms in total. The Kier molecular flexibility index (Phi) is 9.00. The van der Waals surface area contributed by atoms with Crippen LogP contribution in [0.2, 0.25) is 0 Å². The van der Waals surface area contributed by atoms with E-state index >= 15 is 0 Å². The molecule has 132 valence electrons. The van der Waals surface area contributed by atoms with Gasteiger partial charge < -0.3 is 10.2 Å². The van der Waals surface area contributed by atoms with Crippen LogP contribution in [0.4, 0.5) is 5.69 Å². The molecule has 6 heteroatoms. The third-order valence-electron chi connectivity index (χ3n) is 3.60. The fourth-order valence-electron chi connectivity index (χ4n) is 2.16. The Bertz CT molecular complexity index is 569. The molecule has 0 saturated heterocycles. The summed E-state index contributed by atoms with van der Waals surface area (Å²) in [6.07, 6.45) is 1.31. The van der Waals surface area contributed by atoms with Crippen molar-refractivity contribution in [1.29, 1.82) is 0 Å². The first-order valence-corrected chi connectivity index (χ1v) is 9.61. The number of hydrogen-bond acceptors (Lipinski definition) is 4. The molecule has 1 N–H and O–H groups in total. The normalized spacial score (nSPS) is 11.7. The Hall–Kier alpha value is -1.40. The van der Waals surface area contributed by atoms with Gasteiger partial charge in [0.2, 0.25) is 5.91 Å². The summed E-state index contributed by atoms with van der Waals surface area (Å²) in [6, 6.07) is 7.03. The minimum Gasteiger partial charge on any atom is -0.358 e. The summed E-state index contributed by atoms with van der Waals surface area (Å²) in [5, 5.41) is 2.58. The lowest BCUT2D eigenvalue weighted by atomic mass is 10.1. The number of thioether (sulfide) groups is 1. The Labute approximate surface area is 154 Å². The smallest absolute Gasteiger partial charge is 0.224 e. The van der Waals surface area contributed by atoms with E-state index in [-0.39, 0.29) is 16.9 Å². The van der Waals surface area contributed by atoms with Gasteiger partial charge in [0.25, 0.3) is 0 Å². The highest BCUT2D eigenvalue weighted by atomic mass is 32.2. The largest absolute Gasteiger partial charge is 0.358 e. The lowest BCUT2D eigenvalue weighted by Crippen LogP contribution is -2.29. The third kappa shape index (κ3) is 6.24. The summed E-state index contributed by atoms with van der Waals surface area (Å²) in [6.45, 7) is 9.62. The van der Waals surface area contributed by atoms with Crippen molar-refractivity contribution >= 4 is 45.7 Å². The Morgan fingerprint density at radius 2 is 1.75 bits per heavy atom. The molecule has 0 heterocycles. The molecule has 0 bridgehead atoms. The number of nitrogens with one attached hydrogen (secondary N) is 1. The van der Waals surface area contributed by atoms with Crippen LogP contribution in [0.1, 0.15) is 50.9 Å². The molecule has 0 aliphatic rings. The molecular formula is C18H26N2O2S2. The van der Waals surface area contributed by atoms with Gasteiger partial charge >= 0.3 is 0 Å². The van der Waals surface area contributed by atoms with Gasteiger partial charge in [0.1, 0.15) is 4.32 Å². The number of carbonyl (C=O) groups excluding carboxylic acids is 2. The van der Waals surface area contributed by atoms with Gasteiger partial charge in [-0.2, -0.15) is 0 Å². The lowest BCUT2D eigenvalue weighted by Gasteiger charge is -2.22. The second kappa shape index (κ2) is 10.5. The number of amides is 1. The zero-order valence-corrected chi connectivity index (χ0v) is 16.4. The maximum absolute atomic E-state index is 12.5. The first-order chi connectivity index (χ1) is 11.4. The van der Waals surface area contributed by atoms with E-state index in [2.05, 4.69) is 24.1 Å². The standard InChI is InChI=1S/C18H26N2O2S2/c1-5-8-16(21)19-15-11-9-14(10-12-15)17(22)13(4)24-18(23)20(6-2)7-3/h9-13H,5-8H2,1-4H3,(H,19,21)/t13-/m1/s1. The second-order valence-electron chi connectivity index (χ2n) is 5.44. The predicted octanol–water partition coefficient (Wildman–Crippen LogP) is 4.36. The van der Waals surface area contributed by atoms with Crippen molar-refractivity contribution in [2.24, 2.45) is 0 Å². The zero-order chi connectivity index (χ0) is 18.1. The maximum Gasteiger partial charge on any atom is 0.224 e. The Balaban J connectivity index is 2.67. The van der Waals surface area contributed by atoms with Gasteiger partial charge in [-0.25, -0.2) is 0 Å². The summed E-state index contributed by atoms with van der Waals surface area (Å²) in [7, 11) is 0. The van der Waals surface area contributed by atoms with Crippen LogP contribution in [0.15, 0.2) is 24.3 Å². The third-order valence-corrected chi connectivity index (χ3v) is 5.17. The van der Waals surface area contributed by atoms with Crippen molar-refractivity contribution in [3.63, 3.8) is 0 Å². The van der Waals surface area contributed by atoms with Gasteiger partial charge in [-0.3, -0.25) is 9.59 Å². The van der Waals surface area contributed by atoms with Crippen LogP contribution in [0.3, 0.4) is 0 Å². The quantitative estimate of drug-likeness (QED) is 0.547. The minimum atomic E-state index is -0.237. The van der Waals surface area contributed by atoms with Crippen molar-refractivity contribution in [1.82, 2.24) is 4.90 Å². The van der Waals surface area contributed by atoms with Gasteiger partial charge in [-0.05, 0) is 51.5 Å². The van der Waals surface area contributed by atoms with Crippen LogP contribution in [0.25, 0.3) is 0 Å². The van der Waals surface area contributed by atoms with Crippen molar-refractivity contribution in [2.45, 2.75) is 45.8 Å². The Morgan fingerprint density at radius 3 is 2.25 bits per heavy atom. The topological polar surface area (TPSA) is 49.4 Å². The number of hydrogen-bond donors (Lipinski definition) is 1. The first-order valence-electron chi connectivity index (χ1n) is 8.32. The number of rotatable bonds is 8. The number of Topliss-reactive ketones (excluding diaryl/α,β-unsaturated/α-hetero) is 1. The molecule has 0 aliphatic carbocycles. The molecule has 1 aromatic carbocycles. The molecule has 1 amide bonds. The summed E-state index contributed by atoms with van der Waals surface area (Å²) in [5.74, 6) is 0.0333. The molecule has 0 radical (unpaired) electrons. The lowest BCUT2D eigenvalue weighted by molar-refractivity contribution is -0.116. The highest BCUT2D eigenvalue weighted by Crippen LogP contribution is 2.21. The Morgan fingerprint density at radius 1 is 1.17 bits per heavy atom. The fourth-order valence-corrected chi connectivity index (χ4v) is 3.81. The zero-order valence-electron chi connectivity index (χ0n) is 14.8. The van der Waals surface area contributed by atoms with E-state index in [0.29, 0.717) is 17.7 Å². The van der Waals surface area contributed by atoms with E-state index < -0.39 is 0 Å². The summed E-state index contributed by atoms with van der Waals surface area (Å²) < 4.78 is 0.754. The van der Waals surface area contributed by atoms with Gasteiger partial charge in [-0.1, -0.05) is 30.9 Å². The first kappa shape index (κ1) is 20.6. The molecule has 1 rings (SSSR count). The van der Waals surface area contributed by atoms with Gasteiger partial charge in [0.05, 0.1) is 5.25 Å². The molecule has 0 aromatic heterocycles. The van der Waals surface area contributed by atoms with E-state index in [4.69, 9.17) is 12.2 Å². The van der Waals surface area contributed by atoms with Gasteiger partial charge in [0, 0.05) is 30.8 Å². The number of carbonyl (C=O) groups is 2. The van der Waals surface area contributed by atoms with Crippen LogP contribution in [-0.2, 0) is 4.79 Å². The molecule has 1 atom stereocenters. The van der Waals surface area contributed by atoms with E-state index in [1.807, 2.05) is 13.8 Å². The number of benzene rings is 1. The summed E-state index contributed by atoms with van der Waals surface area (Å²) in [4.78, 5) is 26.2. The predicted molar refractivity (Wildman–Crippen MR) is 107 cm³/mol. The molecule has 24 heavy (non-hydrogen) atoms. The summed E-state index contributed by atoms with van der Waals surface area (Å²) in [5.41, 5.74) is 1.34. The highest BCUT2D eigenvalue weighted by molar-refractivity contribution is 8.23. The maximum atomic E-state index is 12.5. The molecule has 0 unspecified atom stereocenters. The van der Waals surface area contributed by atoms with E-state index in [1.165, 1.54) is 11.8 Å². The van der Waals surface area contributed by atoms with E-state index in [9.17, 15) is 9.59 Å².